The fourth-order valence-corrected chi connectivity index (χ4v) is 1.55. The van der Waals surface area contributed by atoms with Gasteiger partial charge in [-0.3, -0.25) is 4.98 Å². The predicted octanol–water partition coefficient (Wildman–Crippen LogP) is 2.90. The lowest BCUT2D eigenvalue weighted by Crippen LogP contribution is -1.96. The highest BCUT2D eigenvalue weighted by Gasteiger charge is 2.09. The molecular weight excluding hydrogens is 226 g/mol. The summed E-state index contributed by atoms with van der Waals surface area (Å²) in [4.78, 5) is 14.9. The number of hydrogen-bond acceptors (Lipinski definition) is 2. The molecule has 0 spiro atoms. The highest BCUT2D eigenvalue weighted by molar-refractivity contribution is 6.33. The van der Waals surface area contributed by atoms with Gasteiger partial charge in [0.05, 0.1) is 16.3 Å². The second-order valence-corrected chi connectivity index (χ2v) is 3.55. The molecule has 0 amide bonds. The number of rotatable bonds is 2. The molecule has 1 aromatic heterocycles. The van der Waals surface area contributed by atoms with Gasteiger partial charge in [0.2, 0.25) is 0 Å². The molecule has 2 rings (SSSR count). The van der Waals surface area contributed by atoms with Gasteiger partial charge in [0.1, 0.15) is 0 Å². The third-order valence-electron chi connectivity index (χ3n) is 2.10. The molecule has 0 aliphatic rings. The minimum absolute atomic E-state index is 0.189. The first-order valence-corrected chi connectivity index (χ1v) is 4.91. The van der Waals surface area contributed by atoms with E-state index in [1.807, 2.05) is 0 Å². The van der Waals surface area contributed by atoms with Gasteiger partial charge in [0, 0.05) is 17.8 Å². The normalized spacial score (nSPS) is 10.1. The lowest BCUT2D eigenvalue weighted by molar-refractivity contribution is 0.0697. The Bertz CT molecular complexity index is 526. The molecule has 16 heavy (non-hydrogen) atoms. The summed E-state index contributed by atoms with van der Waals surface area (Å²) in [5.74, 6) is -0.986. The molecule has 4 heteroatoms. The van der Waals surface area contributed by atoms with E-state index in [1.165, 1.54) is 18.3 Å². The van der Waals surface area contributed by atoms with Crippen molar-refractivity contribution >= 4 is 17.6 Å². The maximum absolute atomic E-state index is 10.8. The van der Waals surface area contributed by atoms with Gasteiger partial charge in [0.25, 0.3) is 0 Å². The quantitative estimate of drug-likeness (QED) is 0.866. The van der Waals surface area contributed by atoms with Gasteiger partial charge >= 0.3 is 5.97 Å². The zero-order valence-electron chi connectivity index (χ0n) is 8.14. The molecule has 0 aliphatic heterocycles. The number of carbonyl (C=O) groups is 1. The molecule has 2 aromatic rings. The average Bonchev–Trinajstić information content (AvgIpc) is 2.30. The van der Waals surface area contributed by atoms with E-state index in [4.69, 9.17) is 16.7 Å². The molecule has 1 heterocycles. The summed E-state index contributed by atoms with van der Waals surface area (Å²) in [6.45, 7) is 0. The first-order valence-electron chi connectivity index (χ1n) is 4.54. The first kappa shape index (κ1) is 10.6. The minimum Gasteiger partial charge on any atom is -0.478 e. The van der Waals surface area contributed by atoms with E-state index < -0.39 is 5.97 Å². The van der Waals surface area contributed by atoms with Crippen LogP contribution in [0.5, 0.6) is 0 Å². The maximum Gasteiger partial charge on any atom is 0.335 e. The van der Waals surface area contributed by atoms with Gasteiger partial charge in [-0.1, -0.05) is 17.7 Å². The molecule has 1 N–H and O–H groups in total. The Morgan fingerprint density at radius 3 is 2.81 bits per heavy atom. The van der Waals surface area contributed by atoms with E-state index in [0.717, 1.165) is 0 Å². The van der Waals surface area contributed by atoms with Crippen LogP contribution in [0.2, 0.25) is 5.02 Å². The molecule has 0 atom stereocenters. The number of hydrogen-bond donors (Lipinski definition) is 1. The largest absolute Gasteiger partial charge is 0.478 e. The summed E-state index contributed by atoms with van der Waals surface area (Å²) in [6.07, 6.45) is 1.51. The van der Waals surface area contributed by atoms with Crippen molar-refractivity contribution < 1.29 is 9.90 Å². The van der Waals surface area contributed by atoms with Crippen LogP contribution < -0.4 is 0 Å². The molecule has 0 aliphatic carbocycles. The maximum atomic E-state index is 10.8. The summed E-state index contributed by atoms with van der Waals surface area (Å²) in [5, 5.41) is 9.35. The number of aromatic carboxylic acids is 1. The molecule has 1 aromatic carbocycles. The van der Waals surface area contributed by atoms with Crippen molar-refractivity contribution in [2.75, 3.05) is 0 Å². The second-order valence-electron chi connectivity index (χ2n) is 3.14. The monoisotopic (exact) mass is 232 g/mol. The Morgan fingerprint density at radius 1 is 1.38 bits per heavy atom. The van der Waals surface area contributed by atoms with Crippen LogP contribution in [0.3, 0.4) is 0 Å². The summed E-state index contributed by atoms with van der Waals surface area (Å²) in [5.41, 5.74) is 1.43. The third kappa shape index (κ3) is 2.04. The number of carboxylic acids is 1. The van der Waals surface area contributed by atoms with Crippen LogP contribution in [-0.4, -0.2) is 16.1 Å². The van der Waals surface area contributed by atoms with Gasteiger partial charge in [-0.2, -0.15) is 0 Å². The highest BCUT2D eigenvalue weighted by Crippen LogP contribution is 2.27. The van der Waals surface area contributed by atoms with Crippen LogP contribution in [-0.2, 0) is 0 Å². The van der Waals surface area contributed by atoms with E-state index >= 15 is 0 Å². The summed E-state index contributed by atoms with van der Waals surface area (Å²) >= 11 is 5.99. The Balaban J connectivity index is 2.56. The zero-order valence-corrected chi connectivity index (χ0v) is 8.90. The minimum atomic E-state index is -0.986. The van der Waals surface area contributed by atoms with Crippen molar-refractivity contribution in [2.45, 2.75) is 0 Å². The summed E-state index contributed by atoms with van der Waals surface area (Å²) in [6, 6.07) is 10.7. The number of aromatic nitrogens is 1. The molecular formula is C12H7ClNO2. The average molecular weight is 233 g/mol. The molecule has 0 fully saturated rings. The molecule has 0 saturated heterocycles. The van der Waals surface area contributed by atoms with Gasteiger partial charge in [0.15, 0.2) is 0 Å². The lowest BCUT2D eigenvalue weighted by Gasteiger charge is -2.04. The van der Waals surface area contributed by atoms with Crippen LogP contribution >= 0.6 is 11.6 Å². The van der Waals surface area contributed by atoms with Gasteiger partial charge in [-0.25, -0.2) is 4.79 Å². The second kappa shape index (κ2) is 4.33. The van der Waals surface area contributed by atoms with Crippen LogP contribution in [0.1, 0.15) is 10.4 Å². The van der Waals surface area contributed by atoms with Crippen molar-refractivity contribution in [3.63, 3.8) is 0 Å². The molecule has 0 bridgehead atoms. The number of pyridine rings is 1. The number of nitrogens with zero attached hydrogens (tertiary/aromatic N) is 1. The number of carboxylic acid groups (broad SMARTS) is 1. The topological polar surface area (TPSA) is 50.2 Å². The Kier molecular flexibility index (Phi) is 2.88. The third-order valence-corrected chi connectivity index (χ3v) is 2.43. The standard InChI is InChI=1S/C12H7ClNO2/c13-10-5-4-8(12(15)16)7-9(10)11-3-1-2-6-14-11/h1,3-7H,(H,15,16). The van der Waals surface area contributed by atoms with Crippen molar-refractivity contribution in [3.05, 3.63) is 53.2 Å². The Morgan fingerprint density at radius 2 is 2.19 bits per heavy atom. The van der Waals surface area contributed by atoms with Gasteiger partial charge in [-0.05, 0) is 24.3 Å². The number of halogens is 1. The first-order chi connectivity index (χ1) is 7.68. The van der Waals surface area contributed by atoms with Crippen LogP contribution in [0.25, 0.3) is 11.3 Å². The van der Waals surface area contributed by atoms with Gasteiger partial charge in [-0.15, -0.1) is 0 Å². The van der Waals surface area contributed by atoms with Crippen molar-refractivity contribution in [2.24, 2.45) is 0 Å². The highest BCUT2D eigenvalue weighted by atomic mass is 35.5. The molecule has 79 valence electrons. The molecule has 3 nitrogen and oxygen atoms in total. The molecule has 0 unspecified atom stereocenters. The summed E-state index contributed by atoms with van der Waals surface area (Å²) in [7, 11) is 0. The van der Waals surface area contributed by atoms with Crippen LogP contribution in [0, 0.1) is 6.07 Å². The van der Waals surface area contributed by atoms with Crippen LogP contribution in [0.4, 0.5) is 0 Å². The van der Waals surface area contributed by atoms with Crippen molar-refractivity contribution in [3.8, 4) is 11.3 Å². The van der Waals surface area contributed by atoms with Gasteiger partial charge < -0.3 is 5.11 Å². The summed E-state index contributed by atoms with van der Waals surface area (Å²) < 4.78 is 0. The zero-order chi connectivity index (χ0) is 11.5. The van der Waals surface area contributed by atoms with E-state index in [1.54, 1.807) is 18.2 Å². The fraction of sp³-hybridized carbons (Fsp3) is 0. The Hall–Kier alpha value is -1.87. The lowest BCUT2D eigenvalue weighted by atomic mass is 10.1. The SMILES string of the molecule is O=C(O)c1ccc(Cl)c(-c2cc[c]cn2)c1. The van der Waals surface area contributed by atoms with Crippen molar-refractivity contribution in [1.82, 2.24) is 4.98 Å². The molecule has 0 saturated carbocycles. The molecule has 1 radical (unpaired) electrons. The fourth-order valence-electron chi connectivity index (χ4n) is 1.33. The van der Waals surface area contributed by atoms with E-state index in [0.29, 0.717) is 16.3 Å². The van der Waals surface area contributed by atoms with Crippen LogP contribution in [0.15, 0.2) is 36.5 Å². The number of benzene rings is 1. The van der Waals surface area contributed by atoms with E-state index in [9.17, 15) is 4.79 Å². The predicted molar refractivity (Wildman–Crippen MR) is 60.5 cm³/mol. The van der Waals surface area contributed by atoms with Crippen molar-refractivity contribution in [1.29, 1.82) is 0 Å². The van der Waals surface area contributed by atoms with E-state index in [2.05, 4.69) is 11.1 Å². The Labute approximate surface area is 97.3 Å². The van der Waals surface area contributed by atoms with E-state index in [-0.39, 0.29) is 5.56 Å². The smallest absolute Gasteiger partial charge is 0.335 e.